The van der Waals surface area contributed by atoms with Crippen LogP contribution in [0.25, 0.3) is 0 Å². The lowest BCUT2D eigenvalue weighted by atomic mass is 10.3. The molecule has 5 nitrogen and oxygen atoms in total. The highest BCUT2D eigenvalue weighted by Crippen LogP contribution is 2.13. The fourth-order valence-corrected chi connectivity index (χ4v) is 2.18. The Morgan fingerprint density at radius 3 is 2.84 bits per heavy atom. The summed E-state index contributed by atoms with van der Waals surface area (Å²) in [5.41, 5.74) is 1.52. The van der Waals surface area contributed by atoms with E-state index < -0.39 is 0 Å². The van der Waals surface area contributed by atoms with Crippen LogP contribution in [0.1, 0.15) is 16.1 Å². The molecule has 0 bridgehead atoms. The highest BCUT2D eigenvalue weighted by Gasteiger charge is 2.10. The zero-order valence-electron chi connectivity index (χ0n) is 10.7. The molecule has 0 unspecified atom stereocenters. The summed E-state index contributed by atoms with van der Waals surface area (Å²) in [4.78, 5) is 16.1. The Morgan fingerprint density at radius 1 is 1.53 bits per heavy atom. The topological polar surface area (TPSA) is 56.1 Å². The normalized spacial score (nSPS) is 10.3. The number of aromatic nitrogens is 2. The lowest BCUT2D eigenvalue weighted by Crippen LogP contribution is -2.24. The first kappa shape index (κ1) is 13.6. The maximum Gasteiger partial charge on any atom is 0.268 e. The van der Waals surface area contributed by atoms with E-state index in [1.807, 2.05) is 19.3 Å². The molecule has 0 aliphatic rings. The zero-order valence-corrected chi connectivity index (χ0v) is 12.3. The van der Waals surface area contributed by atoms with Crippen LogP contribution in [0.15, 0.2) is 35.1 Å². The maximum absolute atomic E-state index is 12.0. The van der Waals surface area contributed by atoms with Gasteiger partial charge in [-0.15, -0.1) is 0 Å². The van der Waals surface area contributed by atoms with Crippen LogP contribution >= 0.6 is 15.9 Å². The molecule has 6 heteroatoms. The smallest absolute Gasteiger partial charge is 0.268 e. The molecule has 2 aromatic heterocycles. The predicted molar refractivity (Wildman–Crippen MR) is 75.1 cm³/mol. The molecule has 2 heterocycles. The van der Waals surface area contributed by atoms with E-state index in [-0.39, 0.29) is 5.91 Å². The number of hydrogen-bond acceptors (Lipinski definition) is 3. The van der Waals surface area contributed by atoms with Crippen LogP contribution in [0.2, 0.25) is 0 Å². The van der Waals surface area contributed by atoms with E-state index in [1.165, 1.54) is 0 Å². The third-order valence-corrected chi connectivity index (χ3v) is 3.10. The van der Waals surface area contributed by atoms with Gasteiger partial charge in [-0.1, -0.05) is 6.07 Å². The van der Waals surface area contributed by atoms with Crippen molar-refractivity contribution in [1.29, 1.82) is 0 Å². The maximum atomic E-state index is 12.0. The molecule has 0 aliphatic heterocycles. The van der Waals surface area contributed by atoms with Crippen molar-refractivity contribution in [2.75, 3.05) is 7.11 Å². The molecule has 0 spiro atoms. The van der Waals surface area contributed by atoms with Crippen LogP contribution < -0.4 is 10.1 Å². The molecule has 0 aromatic carbocycles. The summed E-state index contributed by atoms with van der Waals surface area (Å²) < 4.78 is 7.63. The van der Waals surface area contributed by atoms with Gasteiger partial charge in [0.15, 0.2) is 0 Å². The number of amides is 1. The summed E-state index contributed by atoms with van der Waals surface area (Å²) in [5, 5.41) is 2.85. The Morgan fingerprint density at radius 2 is 2.32 bits per heavy atom. The second kappa shape index (κ2) is 5.88. The number of halogens is 1. The van der Waals surface area contributed by atoms with Gasteiger partial charge >= 0.3 is 0 Å². The minimum atomic E-state index is -0.121. The van der Waals surface area contributed by atoms with Gasteiger partial charge in [0.05, 0.1) is 7.11 Å². The van der Waals surface area contributed by atoms with E-state index in [0.29, 0.717) is 18.1 Å². The van der Waals surface area contributed by atoms with Gasteiger partial charge in [0.1, 0.15) is 5.69 Å². The average molecular weight is 324 g/mol. The van der Waals surface area contributed by atoms with Crippen LogP contribution in [-0.2, 0) is 13.6 Å². The number of aryl methyl sites for hydroxylation is 1. The van der Waals surface area contributed by atoms with Crippen LogP contribution in [0, 0.1) is 0 Å². The molecule has 1 amide bonds. The number of hydrogen-bond donors (Lipinski definition) is 1. The third kappa shape index (κ3) is 3.35. The Kier molecular flexibility index (Phi) is 4.21. The second-order valence-corrected chi connectivity index (χ2v) is 4.96. The molecule has 0 atom stereocenters. The quantitative estimate of drug-likeness (QED) is 0.937. The summed E-state index contributed by atoms with van der Waals surface area (Å²) >= 11 is 3.34. The number of carbonyl (C=O) groups is 1. The zero-order chi connectivity index (χ0) is 13.8. The Bertz CT molecular complexity index is 578. The summed E-state index contributed by atoms with van der Waals surface area (Å²) in [5.74, 6) is 0.436. The van der Waals surface area contributed by atoms with Crippen molar-refractivity contribution in [3.63, 3.8) is 0 Å². The van der Waals surface area contributed by atoms with Gasteiger partial charge in [0.25, 0.3) is 5.91 Å². The van der Waals surface area contributed by atoms with Gasteiger partial charge in [-0.05, 0) is 27.6 Å². The van der Waals surface area contributed by atoms with Crippen LogP contribution in [-0.4, -0.2) is 22.6 Å². The van der Waals surface area contributed by atoms with Crippen molar-refractivity contribution in [3.8, 4) is 5.88 Å². The fourth-order valence-electron chi connectivity index (χ4n) is 1.66. The van der Waals surface area contributed by atoms with E-state index in [1.54, 1.807) is 30.0 Å². The number of methoxy groups -OCH3 is 1. The molecular weight excluding hydrogens is 310 g/mol. The van der Waals surface area contributed by atoms with Gasteiger partial charge in [-0.2, -0.15) is 0 Å². The summed E-state index contributed by atoms with van der Waals surface area (Å²) in [7, 11) is 3.39. The SMILES string of the molecule is COc1ccc(CNC(=O)c2cc(Br)cn2C)cn1. The average Bonchev–Trinajstić information content (AvgIpc) is 2.75. The van der Waals surface area contributed by atoms with Crippen molar-refractivity contribution in [1.82, 2.24) is 14.9 Å². The van der Waals surface area contributed by atoms with Crippen molar-refractivity contribution in [2.24, 2.45) is 7.05 Å². The van der Waals surface area contributed by atoms with Gasteiger partial charge in [-0.3, -0.25) is 4.79 Å². The van der Waals surface area contributed by atoms with Crippen molar-refractivity contribution < 1.29 is 9.53 Å². The monoisotopic (exact) mass is 323 g/mol. The number of nitrogens with zero attached hydrogens (tertiary/aromatic N) is 2. The minimum absolute atomic E-state index is 0.121. The molecule has 0 fully saturated rings. The first-order valence-corrected chi connectivity index (χ1v) is 6.48. The van der Waals surface area contributed by atoms with Crippen LogP contribution in [0.3, 0.4) is 0 Å². The Labute approximate surface area is 119 Å². The molecular formula is C13H14BrN3O2. The lowest BCUT2D eigenvalue weighted by Gasteiger charge is -2.06. The summed E-state index contributed by atoms with van der Waals surface area (Å²) in [6, 6.07) is 5.41. The van der Waals surface area contributed by atoms with Crippen LogP contribution in [0.4, 0.5) is 0 Å². The number of ether oxygens (including phenoxy) is 1. The second-order valence-electron chi connectivity index (χ2n) is 4.05. The van der Waals surface area contributed by atoms with E-state index in [2.05, 4.69) is 26.2 Å². The Hall–Kier alpha value is -1.82. The van der Waals surface area contributed by atoms with Gasteiger partial charge < -0.3 is 14.6 Å². The van der Waals surface area contributed by atoms with Crippen LogP contribution in [0.5, 0.6) is 5.88 Å². The molecule has 0 aliphatic carbocycles. The lowest BCUT2D eigenvalue weighted by molar-refractivity contribution is 0.0943. The van der Waals surface area contributed by atoms with Crippen molar-refractivity contribution in [3.05, 3.63) is 46.3 Å². The van der Waals surface area contributed by atoms with E-state index in [4.69, 9.17) is 4.74 Å². The number of rotatable bonds is 4. The van der Waals surface area contributed by atoms with Crippen molar-refractivity contribution >= 4 is 21.8 Å². The molecule has 0 saturated heterocycles. The van der Waals surface area contributed by atoms with E-state index in [9.17, 15) is 4.79 Å². The standard InChI is InChI=1S/C13H14BrN3O2/c1-17-8-10(14)5-11(17)13(18)16-7-9-3-4-12(19-2)15-6-9/h3-6,8H,7H2,1-2H3,(H,16,18). The highest BCUT2D eigenvalue weighted by molar-refractivity contribution is 9.10. The summed E-state index contributed by atoms with van der Waals surface area (Å²) in [6.45, 7) is 0.429. The third-order valence-electron chi connectivity index (χ3n) is 2.66. The minimum Gasteiger partial charge on any atom is -0.481 e. The fraction of sp³-hybridized carbons (Fsp3) is 0.231. The number of nitrogens with one attached hydrogen (secondary N) is 1. The highest BCUT2D eigenvalue weighted by atomic mass is 79.9. The molecule has 0 saturated carbocycles. The first-order chi connectivity index (χ1) is 9.10. The predicted octanol–water partition coefficient (Wildman–Crippen LogP) is 2.12. The molecule has 0 radical (unpaired) electrons. The molecule has 2 rings (SSSR count). The largest absolute Gasteiger partial charge is 0.481 e. The van der Waals surface area contributed by atoms with Gasteiger partial charge in [-0.25, -0.2) is 4.98 Å². The van der Waals surface area contributed by atoms with Gasteiger partial charge in [0.2, 0.25) is 5.88 Å². The van der Waals surface area contributed by atoms with E-state index >= 15 is 0 Å². The first-order valence-electron chi connectivity index (χ1n) is 5.69. The Balaban J connectivity index is 1.98. The van der Waals surface area contributed by atoms with Crippen molar-refractivity contribution in [2.45, 2.75) is 6.54 Å². The molecule has 100 valence electrons. The summed E-state index contributed by atoms with van der Waals surface area (Å²) in [6.07, 6.45) is 3.52. The number of carbonyl (C=O) groups excluding carboxylic acids is 1. The van der Waals surface area contributed by atoms with Gasteiger partial charge in [0, 0.05) is 36.5 Å². The van der Waals surface area contributed by atoms with E-state index in [0.717, 1.165) is 10.0 Å². The number of pyridine rings is 1. The molecule has 19 heavy (non-hydrogen) atoms. The molecule has 1 N–H and O–H groups in total. The molecule has 2 aromatic rings.